The highest BCUT2D eigenvalue weighted by Gasteiger charge is 2.16. The lowest BCUT2D eigenvalue weighted by molar-refractivity contribution is 0.248. The number of pyridine rings is 1. The van der Waals surface area contributed by atoms with Gasteiger partial charge >= 0.3 is 0 Å². The van der Waals surface area contributed by atoms with Crippen molar-refractivity contribution in [1.29, 1.82) is 0 Å². The fourth-order valence-electron chi connectivity index (χ4n) is 3.06. The van der Waals surface area contributed by atoms with Crippen LogP contribution in [-0.2, 0) is 0 Å². The molecule has 0 aliphatic carbocycles. The van der Waals surface area contributed by atoms with Gasteiger partial charge in [-0.05, 0) is 55.2 Å². The number of aliphatic hydroxyl groups excluding tert-OH is 1. The average molecular weight is 412 g/mol. The number of hydrogen-bond donors (Lipinski definition) is 3. The maximum Gasteiger partial charge on any atom is 0.225 e. The molecule has 0 aliphatic rings. The van der Waals surface area contributed by atoms with Gasteiger partial charge in [0.05, 0.1) is 18.3 Å². The number of aliphatic hydroxyl groups is 1. The molecule has 1 aromatic carbocycles. The molecule has 2 aromatic heterocycles. The molecule has 0 unspecified atom stereocenters. The summed E-state index contributed by atoms with van der Waals surface area (Å²) in [7, 11) is 0. The summed E-state index contributed by atoms with van der Waals surface area (Å²) < 4.78 is 0. The molecule has 3 rings (SSSR count). The summed E-state index contributed by atoms with van der Waals surface area (Å²) in [6, 6.07) is 9.40. The molecule has 0 spiro atoms. The van der Waals surface area contributed by atoms with E-state index in [2.05, 4.69) is 25.6 Å². The summed E-state index contributed by atoms with van der Waals surface area (Å²) >= 11 is 6.16. The lowest BCUT2D eigenvalue weighted by atomic mass is 10.1. The predicted octanol–water partition coefficient (Wildman–Crippen LogP) is 4.98. The van der Waals surface area contributed by atoms with Gasteiger partial charge < -0.3 is 15.7 Å². The van der Waals surface area contributed by atoms with E-state index in [-0.39, 0.29) is 18.6 Å². The van der Waals surface area contributed by atoms with Crippen LogP contribution in [0.3, 0.4) is 0 Å². The number of benzene rings is 1. The molecule has 6 nitrogen and oxygen atoms in total. The zero-order valence-electron chi connectivity index (χ0n) is 17.1. The van der Waals surface area contributed by atoms with Gasteiger partial charge in [0.1, 0.15) is 5.82 Å². The Morgan fingerprint density at radius 3 is 2.41 bits per heavy atom. The molecule has 0 fully saturated rings. The van der Waals surface area contributed by atoms with Crippen LogP contribution < -0.4 is 10.6 Å². The topological polar surface area (TPSA) is 83.0 Å². The van der Waals surface area contributed by atoms with Crippen molar-refractivity contribution >= 4 is 29.1 Å². The minimum absolute atomic E-state index is 0.00366. The largest absolute Gasteiger partial charge is 0.394 e. The van der Waals surface area contributed by atoms with E-state index >= 15 is 0 Å². The first kappa shape index (κ1) is 21.0. The van der Waals surface area contributed by atoms with Crippen LogP contribution in [0.5, 0.6) is 0 Å². The normalized spacial score (nSPS) is 12.1. The van der Waals surface area contributed by atoms with Crippen molar-refractivity contribution in [1.82, 2.24) is 15.0 Å². The first-order valence-corrected chi connectivity index (χ1v) is 9.96. The summed E-state index contributed by atoms with van der Waals surface area (Å²) in [6.07, 6.45) is 3.49. The smallest absolute Gasteiger partial charge is 0.225 e. The van der Waals surface area contributed by atoms with Gasteiger partial charge in [-0.2, -0.15) is 4.98 Å². The van der Waals surface area contributed by atoms with Crippen LogP contribution in [0.2, 0.25) is 5.02 Å². The number of nitrogens with zero attached hydrogens (tertiary/aromatic N) is 3. The molecule has 1 atom stereocenters. The predicted molar refractivity (Wildman–Crippen MR) is 119 cm³/mol. The number of halogens is 1. The summed E-state index contributed by atoms with van der Waals surface area (Å²) in [5.41, 5.74) is 4.64. The first-order valence-electron chi connectivity index (χ1n) is 9.58. The van der Waals surface area contributed by atoms with Crippen molar-refractivity contribution in [3.63, 3.8) is 0 Å². The van der Waals surface area contributed by atoms with Crippen molar-refractivity contribution < 1.29 is 5.11 Å². The molecule has 0 bridgehead atoms. The van der Waals surface area contributed by atoms with Crippen LogP contribution in [0.1, 0.15) is 25.0 Å². The van der Waals surface area contributed by atoms with Crippen molar-refractivity contribution in [2.24, 2.45) is 5.92 Å². The minimum Gasteiger partial charge on any atom is -0.394 e. The molecular weight excluding hydrogens is 386 g/mol. The molecule has 0 saturated heterocycles. The molecule has 2 heterocycles. The Kier molecular flexibility index (Phi) is 6.67. The summed E-state index contributed by atoms with van der Waals surface area (Å²) in [5.74, 6) is 1.32. The molecule has 0 radical (unpaired) electrons. The van der Waals surface area contributed by atoms with Gasteiger partial charge in [0.25, 0.3) is 0 Å². The molecule has 3 aromatic rings. The summed E-state index contributed by atoms with van der Waals surface area (Å²) in [4.78, 5) is 13.5. The Morgan fingerprint density at radius 2 is 1.83 bits per heavy atom. The highest BCUT2D eigenvalue weighted by molar-refractivity contribution is 6.30. The van der Waals surface area contributed by atoms with E-state index in [4.69, 9.17) is 11.6 Å². The lowest BCUT2D eigenvalue weighted by Gasteiger charge is -2.21. The summed E-state index contributed by atoms with van der Waals surface area (Å²) in [6.45, 7) is 8.08. The van der Waals surface area contributed by atoms with E-state index < -0.39 is 0 Å². The van der Waals surface area contributed by atoms with E-state index in [1.165, 1.54) is 0 Å². The van der Waals surface area contributed by atoms with Crippen LogP contribution in [0.15, 0.2) is 42.7 Å². The van der Waals surface area contributed by atoms with Gasteiger partial charge in [-0.3, -0.25) is 4.98 Å². The van der Waals surface area contributed by atoms with Gasteiger partial charge in [0.2, 0.25) is 5.95 Å². The number of aryl methyl sites for hydroxylation is 2. The maximum absolute atomic E-state index is 9.69. The van der Waals surface area contributed by atoms with Crippen LogP contribution in [0, 0.1) is 19.8 Å². The third-order valence-corrected chi connectivity index (χ3v) is 4.97. The number of nitrogens with one attached hydrogen (secondary N) is 2. The molecule has 0 saturated carbocycles. The van der Waals surface area contributed by atoms with E-state index in [0.717, 1.165) is 28.1 Å². The molecule has 3 N–H and O–H groups in total. The molecule has 0 aliphatic heterocycles. The highest BCUT2D eigenvalue weighted by Crippen LogP contribution is 2.29. The second-order valence-electron chi connectivity index (χ2n) is 7.42. The zero-order valence-corrected chi connectivity index (χ0v) is 17.8. The summed E-state index contributed by atoms with van der Waals surface area (Å²) in [5, 5.41) is 17.0. The fourth-order valence-corrected chi connectivity index (χ4v) is 3.39. The Morgan fingerprint density at radius 1 is 1.10 bits per heavy atom. The van der Waals surface area contributed by atoms with Crippen LogP contribution >= 0.6 is 11.6 Å². The Hall–Kier alpha value is -2.70. The standard InChI is InChI=1S/C22H26ClN5O/c1-13(2)19(12-29)26-22-25-18(16-6-5-7-24-11-16)10-20(28-22)27-21-14(3)8-17(23)9-15(21)4/h5-11,13,19,29H,12H2,1-4H3,(H2,25,26,27,28)/t19-/m0/s1. The van der Waals surface area contributed by atoms with Gasteiger partial charge in [0.15, 0.2) is 0 Å². The van der Waals surface area contributed by atoms with Crippen molar-refractivity contribution in [2.75, 3.05) is 17.2 Å². The van der Waals surface area contributed by atoms with Crippen molar-refractivity contribution in [3.8, 4) is 11.3 Å². The minimum atomic E-state index is -0.147. The van der Waals surface area contributed by atoms with Crippen LogP contribution in [0.25, 0.3) is 11.3 Å². The molecule has 0 amide bonds. The molecule has 29 heavy (non-hydrogen) atoms. The van der Waals surface area contributed by atoms with E-state index in [1.54, 1.807) is 12.4 Å². The van der Waals surface area contributed by atoms with Crippen molar-refractivity contribution in [2.45, 2.75) is 33.7 Å². The highest BCUT2D eigenvalue weighted by atomic mass is 35.5. The van der Waals surface area contributed by atoms with E-state index in [0.29, 0.717) is 16.8 Å². The second-order valence-corrected chi connectivity index (χ2v) is 7.86. The SMILES string of the molecule is Cc1cc(Cl)cc(C)c1Nc1cc(-c2cccnc2)nc(N[C@@H](CO)C(C)C)n1. The second kappa shape index (κ2) is 9.20. The van der Waals surface area contributed by atoms with Gasteiger partial charge in [-0.15, -0.1) is 0 Å². The molecule has 7 heteroatoms. The lowest BCUT2D eigenvalue weighted by Crippen LogP contribution is -2.30. The van der Waals surface area contributed by atoms with Crippen molar-refractivity contribution in [3.05, 3.63) is 58.9 Å². The fraction of sp³-hybridized carbons (Fsp3) is 0.318. The molecule has 152 valence electrons. The number of hydrogen-bond acceptors (Lipinski definition) is 6. The molecular formula is C22H26ClN5O. The van der Waals surface area contributed by atoms with Gasteiger partial charge in [0, 0.05) is 34.7 Å². The van der Waals surface area contributed by atoms with E-state index in [1.807, 2.05) is 58.0 Å². The third kappa shape index (κ3) is 5.22. The first-order chi connectivity index (χ1) is 13.9. The number of rotatable bonds is 7. The Bertz CT molecular complexity index is 955. The zero-order chi connectivity index (χ0) is 21.0. The van der Waals surface area contributed by atoms with E-state index in [9.17, 15) is 5.11 Å². The van der Waals surface area contributed by atoms with Gasteiger partial charge in [-0.25, -0.2) is 4.98 Å². The third-order valence-electron chi connectivity index (χ3n) is 4.75. The Balaban J connectivity index is 2.03. The van der Waals surface area contributed by atoms with Crippen LogP contribution in [-0.4, -0.2) is 32.7 Å². The number of aromatic nitrogens is 3. The quantitative estimate of drug-likeness (QED) is 0.508. The monoisotopic (exact) mass is 411 g/mol. The number of anilines is 3. The van der Waals surface area contributed by atoms with Gasteiger partial charge in [-0.1, -0.05) is 25.4 Å². The Labute approximate surface area is 176 Å². The van der Waals surface area contributed by atoms with Crippen LogP contribution in [0.4, 0.5) is 17.5 Å². The average Bonchev–Trinajstić information content (AvgIpc) is 2.69. The maximum atomic E-state index is 9.69.